The van der Waals surface area contributed by atoms with Gasteiger partial charge in [0.1, 0.15) is 28.4 Å². The van der Waals surface area contributed by atoms with Crippen LogP contribution in [0, 0.1) is 0 Å². The van der Waals surface area contributed by atoms with Crippen LogP contribution in [0.15, 0.2) is 67.1 Å². The highest BCUT2D eigenvalue weighted by Gasteiger charge is 2.43. The first-order chi connectivity index (χ1) is 17.3. The van der Waals surface area contributed by atoms with Gasteiger partial charge in [0, 0.05) is 30.4 Å². The van der Waals surface area contributed by atoms with Gasteiger partial charge in [0.2, 0.25) is 0 Å². The number of nitrogens with zero attached hydrogens (tertiary/aromatic N) is 2. The van der Waals surface area contributed by atoms with E-state index < -0.39 is 11.9 Å². The highest BCUT2D eigenvalue weighted by atomic mass is 19.4. The molecule has 1 aromatic carbocycles. The van der Waals surface area contributed by atoms with Gasteiger partial charge in [0.25, 0.3) is 12.4 Å². The number of aromatic nitrogens is 3. The zero-order valence-corrected chi connectivity index (χ0v) is 18.5. The molecule has 186 valence electrons. The summed E-state index contributed by atoms with van der Waals surface area (Å²) in [5.74, 6) is -0.249. The Hall–Kier alpha value is -4.61. The monoisotopic (exact) mass is 500 g/mol. The van der Waals surface area contributed by atoms with Gasteiger partial charge >= 0.3 is 6.36 Å². The number of carboxylic acid groups (broad SMARTS) is 1. The normalized spacial score (nSPS) is 16.6. The molecule has 3 N–H and O–H groups in total. The maximum atomic E-state index is 13.5. The summed E-state index contributed by atoms with van der Waals surface area (Å²) in [7, 11) is 0. The number of halogens is 3. The number of hydrogen-bond donors (Lipinski definition) is 3. The number of carbonyl (C=O) groups excluding carboxylic acids is 1. The second kappa shape index (κ2) is 9.94. The first-order valence-electron chi connectivity index (χ1n) is 10.5. The van der Waals surface area contributed by atoms with E-state index in [1.54, 1.807) is 36.7 Å². The van der Waals surface area contributed by atoms with Crippen molar-refractivity contribution in [3.63, 3.8) is 0 Å². The van der Waals surface area contributed by atoms with E-state index in [1.165, 1.54) is 30.5 Å². The third-order valence-corrected chi connectivity index (χ3v) is 5.52. The minimum Gasteiger partial charge on any atom is -0.491 e. The molecular formula is C24H19F3N4O5. The van der Waals surface area contributed by atoms with E-state index in [-0.39, 0.29) is 24.7 Å². The maximum absolute atomic E-state index is 13.5. The van der Waals surface area contributed by atoms with Gasteiger partial charge < -0.3 is 24.9 Å². The van der Waals surface area contributed by atoms with Gasteiger partial charge in [-0.1, -0.05) is 12.1 Å². The Kier molecular flexibility index (Phi) is 6.77. The fourth-order valence-corrected chi connectivity index (χ4v) is 4.10. The Balaban J connectivity index is 0.000000967. The molecule has 0 spiro atoms. The van der Waals surface area contributed by atoms with E-state index in [0.29, 0.717) is 40.0 Å². The van der Waals surface area contributed by atoms with Crippen LogP contribution < -0.4 is 14.8 Å². The Morgan fingerprint density at radius 2 is 1.89 bits per heavy atom. The third kappa shape index (κ3) is 4.92. The lowest BCUT2D eigenvalue weighted by Crippen LogP contribution is -2.50. The van der Waals surface area contributed by atoms with Gasteiger partial charge in [-0.05, 0) is 42.0 Å². The molecule has 1 unspecified atom stereocenters. The minimum absolute atomic E-state index is 0.250. The zero-order valence-electron chi connectivity index (χ0n) is 18.5. The third-order valence-electron chi connectivity index (χ3n) is 5.52. The van der Waals surface area contributed by atoms with E-state index >= 15 is 0 Å². The number of ether oxygens (including phenoxy) is 2. The molecule has 1 atom stereocenters. The van der Waals surface area contributed by atoms with Crippen molar-refractivity contribution in [1.29, 1.82) is 0 Å². The summed E-state index contributed by atoms with van der Waals surface area (Å²) in [5, 5.41) is 10.6. The Morgan fingerprint density at radius 1 is 1.14 bits per heavy atom. The molecule has 1 aliphatic rings. The molecular weight excluding hydrogens is 481 g/mol. The molecule has 5 rings (SSSR count). The van der Waals surface area contributed by atoms with Crippen molar-refractivity contribution in [2.75, 3.05) is 6.61 Å². The summed E-state index contributed by atoms with van der Waals surface area (Å²) >= 11 is 0. The predicted molar refractivity (Wildman–Crippen MR) is 121 cm³/mol. The summed E-state index contributed by atoms with van der Waals surface area (Å²) in [6, 6.07) is 12.2. The molecule has 0 bridgehead atoms. The van der Waals surface area contributed by atoms with Crippen molar-refractivity contribution in [3.8, 4) is 11.5 Å². The van der Waals surface area contributed by atoms with Crippen molar-refractivity contribution >= 4 is 23.4 Å². The number of fused-ring (bicyclic) bond motifs is 2. The topological polar surface area (TPSA) is 126 Å². The summed E-state index contributed by atoms with van der Waals surface area (Å²) < 4.78 is 47.6. The molecule has 12 heteroatoms. The van der Waals surface area contributed by atoms with Crippen LogP contribution in [0.1, 0.15) is 28.0 Å². The fraction of sp³-hybridized carbons (Fsp3) is 0.167. The minimum atomic E-state index is -4.80. The molecule has 1 aliphatic heterocycles. The largest absolute Gasteiger partial charge is 0.573 e. The van der Waals surface area contributed by atoms with Crippen LogP contribution in [0.2, 0.25) is 0 Å². The number of benzene rings is 1. The van der Waals surface area contributed by atoms with E-state index in [2.05, 4.69) is 25.0 Å². The number of hydrogen-bond acceptors (Lipinski definition) is 6. The van der Waals surface area contributed by atoms with Gasteiger partial charge in [-0.25, -0.2) is 4.98 Å². The number of aromatic amines is 1. The smallest absolute Gasteiger partial charge is 0.491 e. The molecule has 0 radical (unpaired) electrons. The highest BCUT2D eigenvalue weighted by molar-refractivity contribution is 6.06. The van der Waals surface area contributed by atoms with Crippen molar-refractivity contribution in [3.05, 3.63) is 83.9 Å². The van der Waals surface area contributed by atoms with E-state index in [1.807, 2.05) is 0 Å². The van der Waals surface area contributed by atoms with Crippen LogP contribution in [0.25, 0.3) is 11.0 Å². The number of nitrogens with one attached hydrogen (secondary N) is 2. The Bertz CT molecular complexity index is 1370. The Labute approximate surface area is 201 Å². The average Bonchev–Trinajstić information content (AvgIpc) is 3.33. The van der Waals surface area contributed by atoms with Crippen molar-refractivity contribution in [2.45, 2.75) is 18.3 Å². The van der Waals surface area contributed by atoms with E-state index in [0.717, 1.165) is 0 Å². The first-order valence-corrected chi connectivity index (χ1v) is 10.5. The van der Waals surface area contributed by atoms with Gasteiger partial charge in [-0.3, -0.25) is 14.6 Å². The predicted octanol–water partition coefficient (Wildman–Crippen LogP) is 4.01. The zero-order chi connectivity index (χ0) is 25.8. The summed E-state index contributed by atoms with van der Waals surface area (Å²) in [4.78, 5) is 33.5. The number of carbonyl (C=O) groups is 2. The lowest BCUT2D eigenvalue weighted by Gasteiger charge is -2.39. The Morgan fingerprint density at radius 3 is 2.61 bits per heavy atom. The van der Waals surface area contributed by atoms with Crippen molar-refractivity contribution in [1.82, 2.24) is 20.3 Å². The standard InChI is InChI=1S/C23H17F3N4O3.CH2O2/c24-23(25,26)33-15-5-3-14(4-6-15)22(9-13-32-18-2-1-10-27-19(18)22)30-21(31)17-8-12-29-20-16(17)7-11-28-20;2-1-3/h1-8,10-12H,9,13H2,(H,28,29)(H,30,31);1H,(H,2,3). The summed E-state index contributed by atoms with van der Waals surface area (Å²) in [6.45, 7) is 0.0235. The average molecular weight is 500 g/mol. The molecule has 1 amide bonds. The molecule has 0 aliphatic carbocycles. The molecule has 3 aromatic heterocycles. The summed E-state index contributed by atoms with van der Waals surface area (Å²) in [5.41, 5.74) is 0.855. The molecule has 4 heterocycles. The fourth-order valence-electron chi connectivity index (χ4n) is 4.10. The van der Waals surface area contributed by atoms with Crippen LogP contribution in [0.4, 0.5) is 13.2 Å². The summed E-state index contributed by atoms with van der Waals surface area (Å²) in [6.07, 6.45) is 0.314. The molecule has 0 saturated heterocycles. The second-order valence-corrected chi connectivity index (χ2v) is 7.58. The first kappa shape index (κ1) is 24.5. The van der Waals surface area contributed by atoms with Gasteiger partial charge in [0.15, 0.2) is 0 Å². The number of rotatable bonds is 4. The highest BCUT2D eigenvalue weighted by Crippen LogP contribution is 2.41. The SMILES string of the molecule is O=C(NC1(c2ccc(OC(F)(F)F)cc2)CCOc2cccnc21)c1ccnc2[nH]ccc12.O=CO. The van der Waals surface area contributed by atoms with E-state index in [4.69, 9.17) is 14.6 Å². The van der Waals surface area contributed by atoms with Crippen LogP contribution in [0.5, 0.6) is 11.5 Å². The molecule has 36 heavy (non-hydrogen) atoms. The molecule has 4 aromatic rings. The molecule has 0 saturated carbocycles. The van der Waals surface area contributed by atoms with Crippen LogP contribution in [-0.4, -0.2) is 45.4 Å². The van der Waals surface area contributed by atoms with Crippen molar-refractivity contribution in [2.24, 2.45) is 0 Å². The van der Waals surface area contributed by atoms with E-state index in [9.17, 15) is 18.0 Å². The maximum Gasteiger partial charge on any atom is 0.573 e. The lowest BCUT2D eigenvalue weighted by atomic mass is 9.81. The number of H-pyrrole nitrogens is 1. The van der Waals surface area contributed by atoms with Crippen LogP contribution in [0.3, 0.4) is 0 Å². The van der Waals surface area contributed by atoms with Crippen LogP contribution in [-0.2, 0) is 10.3 Å². The quantitative estimate of drug-likeness (QED) is 0.362. The number of amides is 1. The van der Waals surface area contributed by atoms with Gasteiger partial charge in [0.05, 0.1) is 12.2 Å². The van der Waals surface area contributed by atoms with Crippen molar-refractivity contribution < 1.29 is 37.3 Å². The van der Waals surface area contributed by atoms with Gasteiger partial charge in [-0.2, -0.15) is 0 Å². The number of alkyl halides is 3. The number of pyridine rings is 2. The second-order valence-electron chi connectivity index (χ2n) is 7.58. The molecule has 0 fully saturated rings. The van der Waals surface area contributed by atoms with Crippen LogP contribution >= 0.6 is 0 Å². The molecule has 9 nitrogen and oxygen atoms in total. The van der Waals surface area contributed by atoms with Gasteiger partial charge in [-0.15, -0.1) is 13.2 Å². The lowest BCUT2D eigenvalue weighted by molar-refractivity contribution is -0.274.